The minimum atomic E-state index is -4.08. The van der Waals surface area contributed by atoms with Gasteiger partial charge in [0, 0.05) is 26.2 Å². The van der Waals surface area contributed by atoms with Gasteiger partial charge in [-0.2, -0.15) is 0 Å². The molecule has 0 aromatic heterocycles. The van der Waals surface area contributed by atoms with Gasteiger partial charge < -0.3 is 15.5 Å². The predicted molar refractivity (Wildman–Crippen MR) is 126 cm³/mol. The Hall–Kier alpha value is -1.69. The molecule has 0 heterocycles. The van der Waals surface area contributed by atoms with Gasteiger partial charge in [-0.3, -0.25) is 9.46 Å². The molecular weight excluding hydrogens is 454 g/mol. The molecule has 4 N–H and O–H groups in total. The molecule has 164 valence electrons. The topological polar surface area (TPSA) is 86.8 Å². The van der Waals surface area contributed by atoms with E-state index in [1.54, 1.807) is 18.2 Å². The third kappa shape index (κ3) is 7.74. The van der Waals surface area contributed by atoms with Gasteiger partial charge in [0.15, 0.2) is 0 Å². The van der Waals surface area contributed by atoms with E-state index in [9.17, 15) is 14.4 Å². The number of hydrogen-bond acceptors (Lipinski definition) is 3. The molecule has 3 aromatic rings. The molecule has 0 aliphatic carbocycles. The van der Waals surface area contributed by atoms with Crippen molar-refractivity contribution in [2.45, 2.75) is 32.3 Å². The second kappa shape index (κ2) is 10.8. The Morgan fingerprint density at radius 2 is 1.29 bits per heavy atom. The molecular formula is C23H25Cl2N2O3P. The van der Waals surface area contributed by atoms with Gasteiger partial charge in [0.05, 0.1) is 16.2 Å². The smallest absolute Gasteiger partial charge is 0.326 e. The zero-order valence-electron chi connectivity index (χ0n) is 16.9. The van der Waals surface area contributed by atoms with Gasteiger partial charge in [-0.15, -0.1) is 0 Å². The SMILES string of the molecule is NCc1cccc(CN(Cc2ccc(CP(=O)(O)O)cc2)Cc2ccc(Cl)c(Cl)c2)c1. The molecule has 0 spiro atoms. The summed E-state index contributed by atoms with van der Waals surface area (Å²) in [6, 6.07) is 21.2. The summed E-state index contributed by atoms with van der Waals surface area (Å²) in [5.41, 5.74) is 10.7. The van der Waals surface area contributed by atoms with Crippen LogP contribution >= 0.6 is 30.8 Å². The lowest BCUT2D eigenvalue weighted by molar-refractivity contribution is 0.247. The predicted octanol–water partition coefficient (Wildman–Crippen LogP) is 5.33. The van der Waals surface area contributed by atoms with Crippen molar-refractivity contribution in [3.8, 4) is 0 Å². The van der Waals surface area contributed by atoms with E-state index in [1.807, 2.05) is 36.4 Å². The van der Waals surface area contributed by atoms with Crippen molar-refractivity contribution in [2.75, 3.05) is 0 Å². The lowest BCUT2D eigenvalue weighted by Gasteiger charge is -2.23. The lowest BCUT2D eigenvalue weighted by atomic mass is 10.1. The van der Waals surface area contributed by atoms with Crippen LogP contribution in [0.1, 0.15) is 27.8 Å². The van der Waals surface area contributed by atoms with Crippen LogP contribution in [0.25, 0.3) is 0 Å². The Balaban J connectivity index is 1.80. The average Bonchev–Trinajstić information content (AvgIpc) is 2.71. The summed E-state index contributed by atoms with van der Waals surface area (Å²) < 4.78 is 11.2. The summed E-state index contributed by atoms with van der Waals surface area (Å²) in [5.74, 6) is 0. The Labute approximate surface area is 192 Å². The largest absolute Gasteiger partial charge is 0.329 e. The van der Waals surface area contributed by atoms with E-state index in [-0.39, 0.29) is 6.16 Å². The molecule has 3 rings (SSSR count). The second-order valence-corrected chi connectivity index (χ2v) is 10.0. The van der Waals surface area contributed by atoms with E-state index in [2.05, 4.69) is 17.0 Å². The number of halogens is 2. The van der Waals surface area contributed by atoms with Gasteiger partial charge in [-0.05, 0) is 39.9 Å². The van der Waals surface area contributed by atoms with E-state index in [1.165, 1.54) is 0 Å². The maximum absolute atomic E-state index is 11.2. The highest BCUT2D eigenvalue weighted by Gasteiger charge is 2.14. The highest BCUT2D eigenvalue weighted by molar-refractivity contribution is 7.50. The van der Waals surface area contributed by atoms with Crippen molar-refractivity contribution in [2.24, 2.45) is 5.73 Å². The van der Waals surface area contributed by atoms with Gasteiger partial charge in [0.1, 0.15) is 0 Å². The number of nitrogens with zero attached hydrogens (tertiary/aromatic N) is 1. The van der Waals surface area contributed by atoms with Crippen molar-refractivity contribution in [3.05, 3.63) is 105 Å². The first-order valence-corrected chi connectivity index (χ1v) is 12.3. The molecule has 0 saturated heterocycles. The molecule has 0 unspecified atom stereocenters. The Kier molecular flexibility index (Phi) is 8.31. The number of nitrogens with two attached hydrogens (primary N) is 1. The maximum Gasteiger partial charge on any atom is 0.329 e. The fraction of sp³-hybridized carbons (Fsp3) is 0.217. The molecule has 8 heteroatoms. The van der Waals surface area contributed by atoms with E-state index in [4.69, 9.17) is 28.9 Å². The zero-order valence-corrected chi connectivity index (χ0v) is 19.3. The first-order chi connectivity index (χ1) is 14.7. The molecule has 0 saturated carbocycles. The van der Waals surface area contributed by atoms with Crippen molar-refractivity contribution < 1.29 is 14.4 Å². The third-order valence-electron chi connectivity index (χ3n) is 4.84. The molecule has 0 aliphatic heterocycles. The van der Waals surface area contributed by atoms with Crippen LogP contribution in [0.5, 0.6) is 0 Å². The summed E-state index contributed by atoms with van der Waals surface area (Å²) in [6.45, 7) is 2.51. The number of hydrogen-bond donors (Lipinski definition) is 3. The minimum absolute atomic E-state index is 0.258. The molecule has 0 amide bonds. The van der Waals surface area contributed by atoms with E-state index >= 15 is 0 Å². The van der Waals surface area contributed by atoms with Gasteiger partial charge in [-0.25, -0.2) is 0 Å². The Bertz CT molecular complexity index is 1070. The molecule has 0 atom stereocenters. The third-order valence-corrected chi connectivity index (χ3v) is 6.36. The van der Waals surface area contributed by atoms with Crippen LogP contribution in [0, 0.1) is 0 Å². The summed E-state index contributed by atoms with van der Waals surface area (Å²) in [7, 11) is -4.08. The van der Waals surface area contributed by atoms with Crippen molar-refractivity contribution in [3.63, 3.8) is 0 Å². The molecule has 0 aliphatic rings. The lowest BCUT2D eigenvalue weighted by Crippen LogP contribution is -2.22. The standard InChI is InChI=1S/C23H25Cl2N2O3P/c24-22-9-8-21(11-23(22)25)15-27(14-20-3-1-2-19(10-20)12-26)13-17-4-6-18(7-5-17)16-31(28,29)30/h1-11H,12-16,26H2,(H2,28,29,30). The summed E-state index contributed by atoms with van der Waals surface area (Å²) in [6.07, 6.45) is -0.258. The minimum Gasteiger partial charge on any atom is -0.326 e. The Morgan fingerprint density at radius 3 is 1.90 bits per heavy atom. The molecule has 5 nitrogen and oxygen atoms in total. The van der Waals surface area contributed by atoms with E-state index < -0.39 is 7.60 Å². The maximum atomic E-state index is 11.2. The van der Waals surface area contributed by atoms with Gasteiger partial charge >= 0.3 is 7.60 Å². The average molecular weight is 479 g/mol. The molecule has 0 radical (unpaired) electrons. The summed E-state index contributed by atoms with van der Waals surface area (Å²) >= 11 is 12.3. The summed E-state index contributed by atoms with van der Waals surface area (Å²) in [5, 5.41) is 1.04. The van der Waals surface area contributed by atoms with Gasteiger partial charge in [0.25, 0.3) is 0 Å². The monoisotopic (exact) mass is 478 g/mol. The Morgan fingerprint density at radius 1 is 0.742 bits per heavy atom. The van der Waals surface area contributed by atoms with Crippen LogP contribution in [0.2, 0.25) is 10.0 Å². The van der Waals surface area contributed by atoms with Gasteiger partial charge in [0.2, 0.25) is 0 Å². The molecule has 0 fully saturated rings. The van der Waals surface area contributed by atoms with Crippen molar-refractivity contribution in [1.82, 2.24) is 4.90 Å². The quantitative estimate of drug-likeness (QED) is 0.361. The van der Waals surface area contributed by atoms with Crippen LogP contribution in [0.15, 0.2) is 66.7 Å². The fourth-order valence-electron chi connectivity index (χ4n) is 3.42. The number of rotatable bonds is 9. The highest BCUT2D eigenvalue weighted by Crippen LogP contribution is 2.39. The number of benzene rings is 3. The summed E-state index contributed by atoms with van der Waals surface area (Å²) in [4.78, 5) is 20.6. The molecule has 3 aromatic carbocycles. The van der Waals surface area contributed by atoms with Crippen LogP contribution in [0.3, 0.4) is 0 Å². The molecule has 31 heavy (non-hydrogen) atoms. The van der Waals surface area contributed by atoms with Crippen LogP contribution in [-0.2, 0) is 36.9 Å². The second-order valence-electron chi connectivity index (χ2n) is 7.56. The van der Waals surface area contributed by atoms with Crippen molar-refractivity contribution >= 4 is 30.8 Å². The normalized spacial score (nSPS) is 11.8. The zero-order chi connectivity index (χ0) is 22.4. The highest BCUT2D eigenvalue weighted by atomic mass is 35.5. The van der Waals surface area contributed by atoms with E-state index in [0.717, 1.165) is 22.3 Å². The van der Waals surface area contributed by atoms with Crippen molar-refractivity contribution in [1.29, 1.82) is 0 Å². The van der Waals surface area contributed by atoms with Crippen LogP contribution in [0.4, 0.5) is 0 Å². The van der Waals surface area contributed by atoms with E-state index in [0.29, 0.717) is 41.8 Å². The first-order valence-electron chi connectivity index (χ1n) is 9.78. The van der Waals surface area contributed by atoms with Crippen LogP contribution in [-0.4, -0.2) is 14.7 Å². The fourth-order valence-corrected chi connectivity index (χ4v) is 4.43. The molecule has 0 bridgehead atoms. The first kappa shape index (κ1) is 24.0. The van der Waals surface area contributed by atoms with Crippen LogP contribution < -0.4 is 5.73 Å². The van der Waals surface area contributed by atoms with Gasteiger partial charge in [-0.1, -0.05) is 77.8 Å².